The SMILES string of the molecule is O=C(c1ccccc1)C1CN(Cc2ccccc2)CC(C(=O)c2ccccc2)C1c1ccccc1. The molecule has 1 fully saturated rings. The number of carbonyl (C=O) groups excluding carboxylic acids is 2. The van der Waals surface area contributed by atoms with Gasteiger partial charge in [-0.25, -0.2) is 0 Å². The molecule has 0 spiro atoms. The topological polar surface area (TPSA) is 37.4 Å². The van der Waals surface area contributed by atoms with Crippen molar-refractivity contribution in [1.29, 1.82) is 0 Å². The van der Waals surface area contributed by atoms with Crippen molar-refractivity contribution in [2.24, 2.45) is 11.8 Å². The van der Waals surface area contributed by atoms with Crippen LogP contribution in [-0.4, -0.2) is 29.6 Å². The molecule has 0 N–H and O–H groups in total. The molecule has 1 saturated heterocycles. The number of nitrogens with zero attached hydrogens (tertiary/aromatic N) is 1. The van der Waals surface area contributed by atoms with Crippen LogP contribution in [0.5, 0.6) is 0 Å². The third-order valence-electron chi connectivity index (χ3n) is 7.00. The Bertz CT molecular complexity index is 1190. The van der Waals surface area contributed by atoms with Gasteiger partial charge in [-0.1, -0.05) is 121 Å². The first-order valence-corrected chi connectivity index (χ1v) is 12.2. The minimum Gasteiger partial charge on any atom is -0.298 e. The first-order chi connectivity index (χ1) is 17.2. The summed E-state index contributed by atoms with van der Waals surface area (Å²) in [6.07, 6.45) is 0. The molecule has 2 atom stereocenters. The molecule has 174 valence electrons. The number of benzene rings is 4. The monoisotopic (exact) mass is 459 g/mol. The second-order valence-corrected chi connectivity index (χ2v) is 9.29. The first kappa shape index (κ1) is 22.9. The molecule has 35 heavy (non-hydrogen) atoms. The molecule has 2 unspecified atom stereocenters. The number of hydrogen-bond acceptors (Lipinski definition) is 3. The van der Waals surface area contributed by atoms with Crippen molar-refractivity contribution in [1.82, 2.24) is 4.90 Å². The maximum atomic E-state index is 13.9. The highest BCUT2D eigenvalue weighted by Crippen LogP contribution is 2.41. The highest BCUT2D eigenvalue weighted by molar-refractivity contribution is 6.02. The number of hydrogen-bond donors (Lipinski definition) is 0. The third-order valence-corrected chi connectivity index (χ3v) is 7.00. The van der Waals surface area contributed by atoms with E-state index in [9.17, 15) is 9.59 Å². The average molecular weight is 460 g/mol. The Morgan fingerprint density at radius 1 is 0.571 bits per heavy atom. The van der Waals surface area contributed by atoms with Gasteiger partial charge in [-0.3, -0.25) is 14.5 Å². The van der Waals surface area contributed by atoms with Gasteiger partial charge >= 0.3 is 0 Å². The van der Waals surface area contributed by atoms with Crippen LogP contribution in [0.15, 0.2) is 121 Å². The summed E-state index contributed by atoms with van der Waals surface area (Å²) >= 11 is 0. The van der Waals surface area contributed by atoms with E-state index in [2.05, 4.69) is 29.2 Å². The molecule has 1 heterocycles. The summed E-state index contributed by atoms with van der Waals surface area (Å²) in [7, 11) is 0. The lowest BCUT2D eigenvalue weighted by atomic mass is 9.68. The fourth-order valence-electron chi connectivity index (χ4n) is 5.37. The van der Waals surface area contributed by atoms with Gasteiger partial charge in [-0.2, -0.15) is 0 Å². The molecule has 0 bridgehead atoms. The average Bonchev–Trinajstić information content (AvgIpc) is 2.94. The highest BCUT2D eigenvalue weighted by Gasteiger charge is 2.44. The van der Waals surface area contributed by atoms with E-state index in [1.165, 1.54) is 5.56 Å². The molecule has 1 aliphatic rings. The zero-order valence-corrected chi connectivity index (χ0v) is 19.7. The van der Waals surface area contributed by atoms with Crippen LogP contribution >= 0.6 is 0 Å². The Kier molecular flexibility index (Phi) is 6.97. The lowest BCUT2D eigenvalue weighted by Gasteiger charge is -2.43. The molecule has 0 amide bonds. The standard InChI is InChI=1S/C32H29NO2/c34-31(26-17-9-3-10-18-26)28-22-33(21-24-13-5-1-6-14-24)23-29(30(28)25-15-7-2-8-16-25)32(35)27-19-11-4-12-20-27/h1-20,28-30H,21-23H2. The van der Waals surface area contributed by atoms with E-state index in [1.54, 1.807) is 0 Å². The number of Topliss-reactive ketones (excluding diaryl/α,β-unsaturated/α-hetero) is 2. The maximum Gasteiger partial charge on any atom is 0.167 e. The van der Waals surface area contributed by atoms with Gasteiger partial charge in [0.1, 0.15) is 0 Å². The molecule has 0 aromatic heterocycles. The van der Waals surface area contributed by atoms with E-state index in [0.29, 0.717) is 30.8 Å². The predicted octanol–water partition coefficient (Wildman–Crippen LogP) is 6.28. The molecular weight excluding hydrogens is 430 g/mol. The van der Waals surface area contributed by atoms with E-state index in [4.69, 9.17) is 0 Å². The molecule has 3 heteroatoms. The molecule has 0 radical (unpaired) electrons. The molecule has 3 nitrogen and oxygen atoms in total. The Balaban J connectivity index is 1.57. The molecule has 0 aliphatic carbocycles. The number of likely N-dealkylation sites (tertiary alicyclic amines) is 1. The van der Waals surface area contributed by atoms with Gasteiger partial charge in [-0.05, 0) is 11.1 Å². The Labute approximate surface area is 207 Å². The van der Waals surface area contributed by atoms with Gasteiger partial charge < -0.3 is 0 Å². The molecule has 4 aromatic rings. The van der Waals surface area contributed by atoms with Gasteiger partial charge in [0.15, 0.2) is 11.6 Å². The fraction of sp³-hybridized carbons (Fsp3) is 0.188. The number of piperidine rings is 1. The number of ketones is 2. The minimum atomic E-state index is -0.324. The van der Waals surface area contributed by atoms with Gasteiger partial charge in [0, 0.05) is 48.5 Å². The zero-order chi connectivity index (χ0) is 24.0. The predicted molar refractivity (Wildman–Crippen MR) is 139 cm³/mol. The van der Waals surface area contributed by atoms with Gasteiger partial charge in [0.2, 0.25) is 0 Å². The summed E-state index contributed by atoms with van der Waals surface area (Å²) in [6, 6.07) is 39.4. The fourth-order valence-corrected chi connectivity index (χ4v) is 5.37. The van der Waals surface area contributed by atoms with Gasteiger partial charge in [-0.15, -0.1) is 0 Å². The third kappa shape index (κ3) is 5.16. The van der Waals surface area contributed by atoms with Crippen molar-refractivity contribution in [3.05, 3.63) is 144 Å². The van der Waals surface area contributed by atoms with E-state index >= 15 is 0 Å². The Hall–Kier alpha value is -3.82. The second-order valence-electron chi connectivity index (χ2n) is 9.29. The van der Waals surface area contributed by atoms with Gasteiger partial charge in [0.05, 0.1) is 0 Å². The minimum absolute atomic E-state index is 0.100. The van der Waals surface area contributed by atoms with Crippen molar-refractivity contribution < 1.29 is 9.59 Å². The smallest absolute Gasteiger partial charge is 0.167 e. The first-order valence-electron chi connectivity index (χ1n) is 12.2. The summed E-state index contributed by atoms with van der Waals surface area (Å²) in [5.41, 5.74) is 3.63. The summed E-state index contributed by atoms with van der Waals surface area (Å²) in [4.78, 5) is 30.2. The Morgan fingerprint density at radius 2 is 0.971 bits per heavy atom. The van der Waals surface area contributed by atoms with Crippen molar-refractivity contribution in [2.45, 2.75) is 12.5 Å². The van der Waals surface area contributed by atoms with E-state index in [0.717, 1.165) is 5.56 Å². The van der Waals surface area contributed by atoms with Crippen LogP contribution in [0.4, 0.5) is 0 Å². The quantitative estimate of drug-likeness (QED) is 0.305. The lowest BCUT2D eigenvalue weighted by Crippen LogP contribution is -2.50. The van der Waals surface area contributed by atoms with Crippen LogP contribution in [-0.2, 0) is 6.54 Å². The number of carbonyl (C=O) groups is 2. The van der Waals surface area contributed by atoms with E-state index in [1.807, 2.05) is 97.1 Å². The molecule has 5 rings (SSSR count). The van der Waals surface area contributed by atoms with Crippen LogP contribution in [0.1, 0.15) is 37.8 Å². The lowest BCUT2D eigenvalue weighted by molar-refractivity contribution is 0.0555. The largest absolute Gasteiger partial charge is 0.298 e. The van der Waals surface area contributed by atoms with Crippen molar-refractivity contribution in [3.8, 4) is 0 Å². The molecule has 4 aromatic carbocycles. The van der Waals surface area contributed by atoms with Crippen molar-refractivity contribution in [2.75, 3.05) is 13.1 Å². The summed E-state index contributed by atoms with van der Waals surface area (Å²) in [5, 5.41) is 0. The molecular formula is C32H29NO2. The normalized spacial score (nSPS) is 20.3. The van der Waals surface area contributed by atoms with Crippen LogP contribution in [0.3, 0.4) is 0 Å². The van der Waals surface area contributed by atoms with Crippen LogP contribution in [0.25, 0.3) is 0 Å². The Morgan fingerprint density at radius 3 is 1.43 bits per heavy atom. The number of rotatable bonds is 7. The van der Waals surface area contributed by atoms with Crippen LogP contribution in [0, 0.1) is 11.8 Å². The molecule has 1 aliphatic heterocycles. The van der Waals surface area contributed by atoms with E-state index in [-0.39, 0.29) is 29.3 Å². The summed E-state index contributed by atoms with van der Waals surface area (Å²) in [5.74, 6) is -0.639. The van der Waals surface area contributed by atoms with Crippen molar-refractivity contribution in [3.63, 3.8) is 0 Å². The zero-order valence-electron chi connectivity index (χ0n) is 19.7. The van der Waals surface area contributed by atoms with Crippen molar-refractivity contribution >= 4 is 11.6 Å². The summed E-state index contributed by atoms with van der Waals surface area (Å²) < 4.78 is 0. The molecule has 0 saturated carbocycles. The second kappa shape index (κ2) is 10.6. The van der Waals surface area contributed by atoms with E-state index < -0.39 is 0 Å². The summed E-state index contributed by atoms with van der Waals surface area (Å²) in [6.45, 7) is 1.93. The maximum absolute atomic E-state index is 13.9. The van der Waals surface area contributed by atoms with Crippen LogP contribution in [0.2, 0.25) is 0 Å². The highest BCUT2D eigenvalue weighted by atomic mass is 16.1. The van der Waals surface area contributed by atoms with Gasteiger partial charge in [0.25, 0.3) is 0 Å². The van der Waals surface area contributed by atoms with Crippen LogP contribution < -0.4 is 0 Å².